The molecular weight excluding hydrogens is 302 g/mol. The van der Waals surface area contributed by atoms with Crippen LogP contribution in [0.3, 0.4) is 0 Å². The van der Waals surface area contributed by atoms with Crippen LogP contribution < -0.4 is 5.32 Å². The second-order valence-electron chi connectivity index (χ2n) is 4.95. The summed E-state index contributed by atoms with van der Waals surface area (Å²) in [6.07, 6.45) is 0. The van der Waals surface area contributed by atoms with Gasteiger partial charge in [0.2, 0.25) is 0 Å². The third kappa shape index (κ3) is 3.35. The summed E-state index contributed by atoms with van der Waals surface area (Å²) in [4.78, 5) is 24.2. The highest BCUT2D eigenvalue weighted by Crippen LogP contribution is 2.24. The van der Waals surface area contributed by atoms with Gasteiger partial charge in [0.25, 0.3) is 5.91 Å². The number of hydrogen-bond donors (Lipinski definition) is 2. The van der Waals surface area contributed by atoms with Gasteiger partial charge in [0.05, 0.1) is 17.0 Å². The Kier molecular flexibility index (Phi) is 4.95. The van der Waals surface area contributed by atoms with Crippen LogP contribution in [0.15, 0.2) is 23.6 Å². The highest BCUT2D eigenvalue weighted by atomic mass is 32.1. The van der Waals surface area contributed by atoms with Gasteiger partial charge in [-0.2, -0.15) is 0 Å². The predicted molar refractivity (Wildman–Crippen MR) is 85.9 cm³/mol. The number of amides is 1. The first-order valence-electron chi connectivity index (χ1n) is 6.65. The standard InChI is InChI=1S/C16H17NO4S/c1-9-6-10(2)13(7-12(9)16(19)20)17-15(18)14-11(8-21-3)4-5-22-14/h4-7H,8H2,1-3H3,(H,17,18)(H,19,20). The van der Waals surface area contributed by atoms with E-state index in [1.54, 1.807) is 20.1 Å². The molecule has 6 heteroatoms. The van der Waals surface area contributed by atoms with E-state index in [0.717, 1.165) is 11.1 Å². The number of carbonyl (C=O) groups is 2. The molecule has 0 spiro atoms. The smallest absolute Gasteiger partial charge is 0.336 e. The van der Waals surface area contributed by atoms with E-state index in [1.807, 2.05) is 18.4 Å². The molecule has 1 aromatic carbocycles. The van der Waals surface area contributed by atoms with Gasteiger partial charge < -0.3 is 15.2 Å². The molecule has 0 saturated carbocycles. The Morgan fingerprint density at radius 1 is 1.27 bits per heavy atom. The third-order valence-electron chi connectivity index (χ3n) is 3.30. The number of nitrogens with one attached hydrogen (secondary N) is 1. The van der Waals surface area contributed by atoms with Crippen LogP contribution in [0.4, 0.5) is 5.69 Å². The molecule has 2 rings (SSSR count). The number of carboxylic acid groups (broad SMARTS) is 1. The number of methoxy groups -OCH3 is 1. The Hall–Kier alpha value is -2.18. The zero-order valence-corrected chi connectivity index (χ0v) is 13.4. The molecule has 0 aliphatic rings. The Morgan fingerprint density at radius 3 is 2.64 bits per heavy atom. The lowest BCUT2D eigenvalue weighted by Gasteiger charge is -2.11. The molecule has 0 fully saturated rings. The van der Waals surface area contributed by atoms with Gasteiger partial charge in [0, 0.05) is 18.4 Å². The van der Waals surface area contributed by atoms with Crippen molar-refractivity contribution in [2.45, 2.75) is 20.5 Å². The van der Waals surface area contributed by atoms with E-state index in [1.165, 1.54) is 17.4 Å². The fourth-order valence-corrected chi connectivity index (χ4v) is 3.01. The summed E-state index contributed by atoms with van der Waals surface area (Å²) in [5, 5.41) is 13.8. The zero-order chi connectivity index (χ0) is 16.3. The first-order valence-corrected chi connectivity index (χ1v) is 7.53. The lowest BCUT2D eigenvalue weighted by atomic mass is 10.0. The number of benzene rings is 1. The lowest BCUT2D eigenvalue weighted by Crippen LogP contribution is -2.14. The molecule has 116 valence electrons. The topological polar surface area (TPSA) is 75.6 Å². The highest BCUT2D eigenvalue weighted by molar-refractivity contribution is 7.12. The van der Waals surface area contributed by atoms with Crippen LogP contribution in [-0.4, -0.2) is 24.1 Å². The van der Waals surface area contributed by atoms with Crippen LogP contribution in [0.1, 0.15) is 36.7 Å². The van der Waals surface area contributed by atoms with Crippen LogP contribution in [0, 0.1) is 13.8 Å². The molecule has 22 heavy (non-hydrogen) atoms. The van der Waals surface area contributed by atoms with Crippen LogP contribution in [0.2, 0.25) is 0 Å². The van der Waals surface area contributed by atoms with Crippen molar-refractivity contribution in [1.82, 2.24) is 0 Å². The van der Waals surface area contributed by atoms with Crippen molar-refractivity contribution in [2.75, 3.05) is 12.4 Å². The Labute approximate surface area is 132 Å². The molecule has 0 bridgehead atoms. The van der Waals surface area contributed by atoms with Gasteiger partial charge in [0.1, 0.15) is 0 Å². The van der Waals surface area contributed by atoms with E-state index in [9.17, 15) is 14.7 Å². The van der Waals surface area contributed by atoms with Crippen molar-refractivity contribution < 1.29 is 19.4 Å². The van der Waals surface area contributed by atoms with Crippen molar-refractivity contribution in [3.8, 4) is 0 Å². The molecule has 0 atom stereocenters. The summed E-state index contributed by atoms with van der Waals surface area (Å²) >= 11 is 1.33. The second-order valence-corrected chi connectivity index (χ2v) is 5.87. The summed E-state index contributed by atoms with van der Waals surface area (Å²) in [7, 11) is 1.57. The number of aromatic carboxylic acids is 1. The fraction of sp³-hybridized carbons (Fsp3) is 0.250. The maximum atomic E-state index is 12.4. The lowest BCUT2D eigenvalue weighted by molar-refractivity contribution is 0.0695. The minimum atomic E-state index is -1.01. The molecule has 0 aliphatic carbocycles. The number of carbonyl (C=O) groups excluding carboxylic acids is 1. The van der Waals surface area contributed by atoms with Gasteiger partial charge in [-0.05, 0) is 42.5 Å². The van der Waals surface area contributed by atoms with Gasteiger partial charge in [-0.3, -0.25) is 4.79 Å². The van der Waals surface area contributed by atoms with E-state index in [0.29, 0.717) is 22.7 Å². The first-order chi connectivity index (χ1) is 10.4. The highest BCUT2D eigenvalue weighted by Gasteiger charge is 2.16. The Balaban J connectivity index is 2.30. The molecule has 2 N–H and O–H groups in total. The number of hydrogen-bond acceptors (Lipinski definition) is 4. The van der Waals surface area contributed by atoms with E-state index >= 15 is 0 Å². The Bertz CT molecular complexity index is 721. The number of aryl methyl sites for hydroxylation is 2. The van der Waals surface area contributed by atoms with Crippen molar-refractivity contribution in [1.29, 1.82) is 0 Å². The molecule has 1 heterocycles. The van der Waals surface area contributed by atoms with Crippen LogP contribution in [-0.2, 0) is 11.3 Å². The van der Waals surface area contributed by atoms with E-state index in [2.05, 4.69) is 5.32 Å². The SMILES string of the molecule is COCc1ccsc1C(=O)Nc1cc(C(=O)O)c(C)cc1C. The quantitative estimate of drug-likeness (QED) is 0.885. The number of carboxylic acids is 1. The number of rotatable bonds is 5. The molecule has 0 radical (unpaired) electrons. The molecule has 0 saturated heterocycles. The molecule has 0 aliphatic heterocycles. The monoisotopic (exact) mass is 319 g/mol. The average Bonchev–Trinajstić information content (AvgIpc) is 2.90. The summed E-state index contributed by atoms with van der Waals surface area (Å²) in [5.41, 5.74) is 2.99. The van der Waals surface area contributed by atoms with Crippen molar-refractivity contribution >= 4 is 28.9 Å². The van der Waals surface area contributed by atoms with Gasteiger partial charge in [0.15, 0.2) is 0 Å². The average molecular weight is 319 g/mol. The van der Waals surface area contributed by atoms with E-state index in [-0.39, 0.29) is 11.5 Å². The van der Waals surface area contributed by atoms with Crippen molar-refractivity contribution in [3.05, 3.63) is 50.7 Å². The van der Waals surface area contributed by atoms with Crippen molar-refractivity contribution in [2.24, 2.45) is 0 Å². The minimum Gasteiger partial charge on any atom is -0.478 e. The number of ether oxygens (including phenoxy) is 1. The van der Waals surface area contributed by atoms with E-state index < -0.39 is 5.97 Å². The van der Waals surface area contributed by atoms with Crippen LogP contribution in [0.25, 0.3) is 0 Å². The van der Waals surface area contributed by atoms with Gasteiger partial charge in [-0.25, -0.2) is 4.79 Å². The van der Waals surface area contributed by atoms with Crippen molar-refractivity contribution in [3.63, 3.8) is 0 Å². The maximum Gasteiger partial charge on any atom is 0.336 e. The van der Waals surface area contributed by atoms with Gasteiger partial charge in [-0.15, -0.1) is 11.3 Å². The minimum absolute atomic E-state index is 0.184. The largest absolute Gasteiger partial charge is 0.478 e. The summed E-state index contributed by atoms with van der Waals surface area (Å²) in [6.45, 7) is 3.93. The zero-order valence-electron chi connectivity index (χ0n) is 12.6. The second kappa shape index (κ2) is 6.72. The predicted octanol–water partition coefficient (Wildman–Crippen LogP) is 3.46. The van der Waals surface area contributed by atoms with Crippen LogP contribution in [0.5, 0.6) is 0 Å². The summed E-state index contributed by atoms with van der Waals surface area (Å²) in [6, 6.07) is 5.09. The maximum absolute atomic E-state index is 12.4. The Morgan fingerprint density at radius 2 is 2.00 bits per heavy atom. The van der Waals surface area contributed by atoms with Crippen LogP contribution >= 0.6 is 11.3 Å². The van der Waals surface area contributed by atoms with Gasteiger partial charge in [-0.1, -0.05) is 6.07 Å². The number of anilines is 1. The third-order valence-corrected chi connectivity index (χ3v) is 4.26. The normalized spacial score (nSPS) is 10.5. The first kappa shape index (κ1) is 16.2. The fourth-order valence-electron chi connectivity index (χ4n) is 2.20. The summed E-state index contributed by atoms with van der Waals surface area (Å²) < 4.78 is 5.07. The molecule has 1 aromatic heterocycles. The summed E-state index contributed by atoms with van der Waals surface area (Å²) in [5.74, 6) is -1.27. The van der Waals surface area contributed by atoms with E-state index in [4.69, 9.17) is 4.74 Å². The molecule has 5 nitrogen and oxygen atoms in total. The molecule has 0 unspecified atom stereocenters. The molecule has 1 amide bonds. The number of thiophene rings is 1. The molecule has 2 aromatic rings. The van der Waals surface area contributed by atoms with Gasteiger partial charge >= 0.3 is 5.97 Å². The molecular formula is C16H17NO4S.